The maximum atomic E-state index is 14.4. The van der Waals surface area contributed by atoms with Gasteiger partial charge in [0, 0.05) is 22.2 Å². The quantitative estimate of drug-likeness (QED) is 0.314. The molecule has 0 unspecified atom stereocenters. The van der Waals surface area contributed by atoms with Gasteiger partial charge in [0.25, 0.3) is 5.91 Å². The summed E-state index contributed by atoms with van der Waals surface area (Å²) in [6.45, 7) is -1.20. The number of hydrazone groups is 1. The standard InChI is InChI=1S/C23H18Cl2FN3O5S/c24-17-8-10-18(11-9-17)35(33,34)29(13-19-20(25)2-1-3-21(19)26)14-22(30)28-27-12-15-4-6-16(7-5-15)23(31)32/h1-12H,13-14H2,(H,28,30)(H,31,32)/b27-12+. The number of amides is 1. The van der Waals surface area contributed by atoms with Crippen molar-refractivity contribution in [1.29, 1.82) is 0 Å². The van der Waals surface area contributed by atoms with Crippen LogP contribution in [0, 0.1) is 5.82 Å². The van der Waals surface area contributed by atoms with Crippen LogP contribution in [-0.2, 0) is 21.4 Å². The Kier molecular flexibility index (Phi) is 8.57. The lowest BCUT2D eigenvalue weighted by Gasteiger charge is -2.22. The number of carbonyl (C=O) groups excluding carboxylic acids is 1. The van der Waals surface area contributed by atoms with E-state index >= 15 is 0 Å². The average molecular weight is 538 g/mol. The summed E-state index contributed by atoms with van der Waals surface area (Å²) in [4.78, 5) is 23.3. The molecular formula is C23H18Cl2FN3O5S. The van der Waals surface area contributed by atoms with Crippen molar-refractivity contribution in [2.45, 2.75) is 11.4 Å². The predicted molar refractivity (Wildman–Crippen MR) is 130 cm³/mol. The molecule has 3 aromatic carbocycles. The second kappa shape index (κ2) is 11.4. The Labute approximate surface area is 210 Å². The molecule has 182 valence electrons. The van der Waals surface area contributed by atoms with Crippen molar-refractivity contribution < 1.29 is 27.5 Å². The summed E-state index contributed by atoms with van der Waals surface area (Å²) in [5.41, 5.74) is 2.69. The Balaban J connectivity index is 1.81. The predicted octanol–water partition coefficient (Wildman–Crippen LogP) is 4.17. The van der Waals surface area contributed by atoms with Crippen LogP contribution in [0.5, 0.6) is 0 Å². The molecule has 3 rings (SSSR count). The summed E-state index contributed by atoms with van der Waals surface area (Å²) in [5.74, 6) is -2.61. The molecule has 0 aromatic heterocycles. The second-order valence-electron chi connectivity index (χ2n) is 7.15. The molecule has 0 aliphatic heterocycles. The number of carboxylic acid groups (broad SMARTS) is 1. The van der Waals surface area contributed by atoms with E-state index in [9.17, 15) is 22.4 Å². The number of nitrogens with zero attached hydrogens (tertiary/aromatic N) is 2. The Morgan fingerprint density at radius 1 is 1.03 bits per heavy atom. The molecule has 0 spiro atoms. The Hall–Kier alpha value is -3.31. The number of halogens is 3. The van der Waals surface area contributed by atoms with Gasteiger partial charge in [0.2, 0.25) is 10.0 Å². The maximum Gasteiger partial charge on any atom is 0.335 e. The molecular weight excluding hydrogens is 520 g/mol. The summed E-state index contributed by atoms with van der Waals surface area (Å²) < 4.78 is 41.6. The first-order valence-electron chi connectivity index (χ1n) is 9.92. The number of aromatic carboxylic acids is 1. The third-order valence-corrected chi connectivity index (χ3v) is 7.14. The molecule has 0 aliphatic carbocycles. The average Bonchev–Trinajstić information content (AvgIpc) is 2.81. The Morgan fingerprint density at radius 3 is 2.29 bits per heavy atom. The second-order valence-corrected chi connectivity index (χ2v) is 9.93. The van der Waals surface area contributed by atoms with Crippen molar-refractivity contribution in [1.82, 2.24) is 9.73 Å². The van der Waals surface area contributed by atoms with Crippen LogP contribution in [0.4, 0.5) is 4.39 Å². The van der Waals surface area contributed by atoms with E-state index in [0.717, 1.165) is 10.4 Å². The van der Waals surface area contributed by atoms with Gasteiger partial charge in [0.15, 0.2) is 0 Å². The fourth-order valence-corrected chi connectivity index (χ4v) is 4.64. The summed E-state index contributed by atoms with van der Waals surface area (Å²) in [6.07, 6.45) is 1.26. The number of carbonyl (C=O) groups is 2. The highest BCUT2D eigenvalue weighted by molar-refractivity contribution is 7.89. The third kappa shape index (κ3) is 6.86. The third-order valence-electron chi connectivity index (χ3n) is 4.73. The van der Waals surface area contributed by atoms with Gasteiger partial charge in [-0.15, -0.1) is 0 Å². The number of sulfonamides is 1. The van der Waals surface area contributed by atoms with E-state index < -0.39 is 40.8 Å². The van der Waals surface area contributed by atoms with Gasteiger partial charge in [-0.25, -0.2) is 23.0 Å². The van der Waals surface area contributed by atoms with Crippen LogP contribution in [0.1, 0.15) is 21.5 Å². The minimum absolute atomic E-state index is 0.00421. The highest BCUT2D eigenvalue weighted by Gasteiger charge is 2.28. The van der Waals surface area contributed by atoms with E-state index in [0.29, 0.717) is 10.6 Å². The molecule has 0 bridgehead atoms. The van der Waals surface area contributed by atoms with Gasteiger partial charge in [-0.2, -0.15) is 9.41 Å². The molecule has 0 heterocycles. The monoisotopic (exact) mass is 537 g/mol. The van der Waals surface area contributed by atoms with Crippen LogP contribution in [0.25, 0.3) is 0 Å². The molecule has 0 saturated heterocycles. The van der Waals surface area contributed by atoms with Gasteiger partial charge >= 0.3 is 5.97 Å². The molecule has 0 aliphatic rings. The minimum Gasteiger partial charge on any atom is -0.478 e. The number of hydrogen-bond acceptors (Lipinski definition) is 5. The van der Waals surface area contributed by atoms with Crippen molar-refractivity contribution in [3.05, 3.63) is 99.3 Å². The van der Waals surface area contributed by atoms with Crippen molar-refractivity contribution in [2.75, 3.05) is 6.54 Å². The van der Waals surface area contributed by atoms with E-state index in [4.69, 9.17) is 28.3 Å². The molecule has 2 N–H and O–H groups in total. The lowest BCUT2D eigenvalue weighted by Crippen LogP contribution is -2.39. The number of rotatable bonds is 9. The van der Waals surface area contributed by atoms with E-state index in [2.05, 4.69) is 10.5 Å². The molecule has 0 radical (unpaired) electrons. The SMILES string of the molecule is O=C(CN(Cc1c(F)cccc1Cl)S(=O)(=O)c1ccc(Cl)cc1)N/N=C/c1ccc(C(=O)O)cc1. The van der Waals surface area contributed by atoms with Crippen molar-refractivity contribution in [2.24, 2.45) is 5.10 Å². The van der Waals surface area contributed by atoms with Crippen LogP contribution in [0.2, 0.25) is 10.0 Å². The summed E-state index contributed by atoms with van der Waals surface area (Å²) in [6, 6.07) is 14.9. The fourth-order valence-electron chi connectivity index (χ4n) is 2.93. The smallest absolute Gasteiger partial charge is 0.335 e. The largest absolute Gasteiger partial charge is 0.478 e. The number of carboxylic acids is 1. The minimum atomic E-state index is -4.25. The first-order chi connectivity index (χ1) is 16.6. The lowest BCUT2D eigenvalue weighted by atomic mass is 10.1. The normalized spacial score (nSPS) is 11.7. The zero-order valence-corrected chi connectivity index (χ0v) is 20.2. The molecule has 8 nitrogen and oxygen atoms in total. The van der Waals surface area contributed by atoms with Crippen LogP contribution in [0.3, 0.4) is 0 Å². The Bertz CT molecular complexity index is 1340. The lowest BCUT2D eigenvalue weighted by molar-refractivity contribution is -0.121. The van der Waals surface area contributed by atoms with E-state index in [1.165, 1.54) is 66.9 Å². The van der Waals surface area contributed by atoms with Crippen LogP contribution in [-0.4, -0.2) is 42.5 Å². The van der Waals surface area contributed by atoms with Crippen molar-refractivity contribution >= 4 is 51.3 Å². The van der Waals surface area contributed by atoms with Gasteiger partial charge in [0.1, 0.15) is 5.82 Å². The highest BCUT2D eigenvalue weighted by atomic mass is 35.5. The van der Waals surface area contributed by atoms with Gasteiger partial charge in [-0.05, 0) is 54.1 Å². The van der Waals surface area contributed by atoms with Gasteiger partial charge < -0.3 is 5.11 Å². The van der Waals surface area contributed by atoms with Crippen LogP contribution < -0.4 is 5.43 Å². The van der Waals surface area contributed by atoms with Crippen LogP contribution in [0.15, 0.2) is 76.7 Å². The van der Waals surface area contributed by atoms with E-state index in [1.807, 2.05) is 0 Å². The number of benzene rings is 3. The summed E-state index contributed by atoms with van der Waals surface area (Å²) in [7, 11) is -4.25. The first-order valence-corrected chi connectivity index (χ1v) is 12.1. The molecule has 0 saturated carbocycles. The van der Waals surface area contributed by atoms with E-state index in [1.54, 1.807) is 0 Å². The van der Waals surface area contributed by atoms with E-state index in [-0.39, 0.29) is 21.0 Å². The fraction of sp³-hybridized carbons (Fsp3) is 0.0870. The molecule has 12 heteroatoms. The van der Waals surface area contributed by atoms with Crippen LogP contribution >= 0.6 is 23.2 Å². The Morgan fingerprint density at radius 2 is 1.69 bits per heavy atom. The highest BCUT2D eigenvalue weighted by Crippen LogP contribution is 2.25. The molecule has 0 atom stereocenters. The first kappa shape index (κ1) is 26.3. The molecule has 35 heavy (non-hydrogen) atoms. The van der Waals surface area contributed by atoms with Gasteiger partial charge in [0.05, 0.1) is 23.2 Å². The topological polar surface area (TPSA) is 116 Å². The van der Waals surface area contributed by atoms with Crippen molar-refractivity contribution in [3.63, 3.8) is 0 Å². The van der Waals surface area contributed by atoms with Gasteiger partial charge in [-0.3, -0.25) is 4.79 Å². The number of hydrogen-bond donors (Lipinski definition) is 2. The maximum absolute atomic E-state index is 14.4. The van der Waals surface area contributed by atoms with Gasteiger partial charge in [-0.1, -0.05) is 41.4 Å². The zero-order valence-electron chi connectivity index (χ0n) is 17.9. The summed E-state index contributed by atoms with van der Waals surface area (Å²) in [5, 5.41) is 13.0. The molecule has 0 fully saturated rings. The zero-order chi connectivity index (χ0) is 25.6. The summed E-state index contributed by atoms with van der Waals surface area (Å²) >= 11 is 11.9. The molecule has 1 amide bonds. The molecule has 3 aromatic rings. The van der Waals surface area contributed by atoms with Crippen molar-refractivity contribution in [3.8, 4) is 0 Å². The number of nitrogens with one attached hydrogen (secondary N) is 1.